The molecule has 0 spiro atoms. The Hall–Kier alpha value is -3.08. The van der Waals surface area contributed by atoms with Crippen molar-refractivity contribution in [2.75, 3.05) is 31.1 Å². The van der Waals surface area contributed by atoms with Gasteiger partial charge in [-0.3, -0.25) is 9.59 Å². The molecule has 0 unspecified atom stereocenters. The average molecular weight is 584 g/mol. The van der Waals surface area contributed by atoms with Gasteiger partial charge in [0.05, 0.1) is 29.2 Å². The van der Waals surface area contributed by atoms with Crippen LogP contribution in [0.1, 0.15) is 72.9 Å². The number of ether oxygens (including phenoxy) is 1. The summed E-state index contributed by atoms with van der Waals surface area (Å²) in [6.45, 7) is 3.39. The minimum atomic E-state index is -4.59. The second-order valence-corrected chi connectivity index (χ2v) is 11.7. The topological polar surface area (TPSA) is 83.0 Å². The summed E-state index contributed by atoms with van der Waals surface area (Å²) in [5.41, 5.74) is -0.720. The molecule has 216 valence electrons. The van der Waals surface area contributed by atoms with Gasteiger partial charge >= 0.3 is 12.1 Å². The zero-order valence-electron chi connectivity index (χ0n) is 21.9. The summed E-state index contributed by atoms with van der Waals surface area (Å²) in [6, 6.07) is 3.26. The molecule has 1 N–H and O–H groups in total. The quantitative estimate of drug-likeness (QED) is 0.376. The molecule has 12 heteroatoms. The summed E-state index contributed by atoms with van der Waals surface area (Å²) in [7, 11) is 0. The van der Waals surface area contributed by atoms with Crippen LogP contribution in [0.4, 0.5) is 23.4 Å². The van der Waals surface area contributed by atoms with Crippen LogP contribution in [-0.4, -0.2) is 59.1 Å². The van der Waals surface area contributed by atoms with Gasteiger partial charge in [0.2, 0.25) is 0 Å². The summed E-state index contributed by atoms with van der Waals surface area (Å²) >= 11 is 5.71. The highest BCUT2D eigenvalue weighted by molar-refractivity contribution is 6.31. The van der Waals surface area contributed by atoms with E-state index in [9.17, 15) is 27.9 Å². The lowest BCUT2D eigenvalue weighted by molar-refractivity contribution is -0.138. The fourth-order valence-corrected chi connectivity index (χ4v) is 5.86. The van der Waals surface area contributed by atoms with E-state index in [1.165, 1.54) is 11.0 Å². The van der Waals surface area contributed by atoms with Gasteiger partial charge in [-0.2, -0.15) is 13.2 Å². The van der Waals surface area contributed by atoms with Gasteiger partial charge in [-0.15, -0.1) is 0 Å². The highest BCUT2D eigenvalue weighted by atomic mass is 35.5. The minimum absolute atomic E-state index is 0.0842. The van der Waals surface area contributed by atoms with Gasteiger partial charge in [0.1, 0.15) is 17.4 Å². The maximum absolute atomic E-state index is 15.3. The van der Waals surface area contributed by atoms with Crippen molar-refractivity contribution in [1.29, 1.82) is 0 Å². The summed E-state index contributed by atoms with van der Waals surface area (Å²) in [5.74, 6) is -1.57. The lowest BCUT2D eigenvalue weighted by Crippen LogP contribution is -2.37. The molecule has 0 bridgehead atoms. The summed E-state index contributed by atoms with van der Waals surface area (Å²) in [4.78, 5) is 31.7. The summed E-state index contributed by atoms with van der Waals surface area (Å²) in [6.07, 6.45) is -0.143. The number of aliphatic carboxylic acids is 1. The van der Waals surface area contributed by atoms with Crippen LogP contribution in [0.5, 0.6) is 5.75 Å². The molecule has 1 aliphatic carbocycles. The molecule has 3 fully saturated rings. The van der Waals surface area contributed by atoms with Gasteiger partial charge in [-0.05, 0) is 55.7 Å². The lowest BCUT2D eigenvalue weighted by atomic mass is 9.91. The number of pyridine rings is 1. The van der Waals surface area contributed by atoms with Crippen molar-refractivity contribution in [3.63, 3.8) is 0 Å². The monoisotopic (exact) mass is 583 g/mol. The van der Waals surface area contributed by atoms with E-state index in [0.717, 1.165) is 30.7 Å². The molecule has 1 saturated carbocycles. The van der Waals surface area contributed by atoms with Crippen molar-refractivity contribution in [1.82, 2.24) is 9.88 Å². The van der Waals surface area contributed by atoms with Crippen molar-refractivity contribution in [2.24, 2.45) is 5.41 Å². The van der Waals surface area contributed by atoms with E-state index in [1.807, 2.05) is 6.92 Å². The molecule has 2 aromatic rings. The predicted octanol–water partition coefficient (Wildman–Crippen LogP) is 6.15. The SMILES string of the molecule is C[C@]1(COc2cc(F)c(C(=O)N3CCC[C@H]3CC(=O)O)cc2C2CC2)CCN(c2cc(C(F)(F)F)c(Cl)cn2)C1. The maximum atomic E-state index is 15.3. The Balaban J connectivity index is 1.30. The number of carboxylic acid groups (broad SMARTS) is 1. The number of hydrogen-bond donors (Lipinski definition) is 1. The van der Waals surface area contributed by atoms with Gasteiger partial charge < -0.3 is 19.6 Å². The molecule has 2 atom stereocenters. The molecule has 7 nitrogen and oxygen atoms in total. The van der Waals surface area contributed by atoms with E-state index >= 15 is 4.39 Å². The molecule has 3 heterocycles. The number of amides is 1. The number of hydrogen-bond acceptors (Lipinski definition) is 5. The number of halogens is 5. The van der Waals surface area contributed by atoms with E-state index in [0.29, 0.717) is 44.6 Å². The molecule has 0 radical (unpaired) electrons. The van der Waals surface area contributed by atoms with Crippen molar-refractivity contribution >= 4 is 29.3 Å². The predicted molar refractivity (Wildman–Crippen MR) is 139 cm³/mol. The summed E-state index contributed by atoms with van der Waals surface area (Å²) < 4.78 is 61.4. The molecule has 40 heavy (non-hydrogen) atoms. The van der Waals surface area contributed by atoms with Gasteiger partial charge in [-0.1, -0.05) is 18.5 Å². The molecule has 1 aromatic heterocycles. The van der Waals surface area contributed by atoms with Crippen LogP contribution in [-0.2, 0) is 11.0 Å². The van der Waals surface area contributed by atoms with Gasteiger partial charge in [0, 0.05) is 43.4 Å². The largest absolute Gasteiger partial charge is 0.493 e. The Kier molecular flexibility index (Phi) is 7.62. The number of aromatic nitrogens is 1. The van der Waals surface area contributed by atoms with Crippen molar-refractivity contribution in [3.8, 4) is 5.75 Å². The Morgan fingerprint density at radius 2 is 1.95 bits per heavy atom. The Morgan fingerprint density at radius 1 is 1.20 bits per heavy atom. The first-order chi connectivity index (χ1) is 18.8. The number of carboxylic acids is 1. The lowest BCUT2D eigenvalue weighted by Gasteiger charge is -2.27. The number of nitrogens with zero attached hydrogens (tertiary/aromatic N) is 3. The number of rotatable bonds is 8. The molecular weight excluding hydrogens is 554 g/mol. The number of alkyl halides is 3. The van der Waals surface area contributed by atoms with Gasteiger partial charge in [0.25, 0.3) is 5.91 Å². The zero-order valence-corrected chi connectivity index (χ0v) is 22.7. The Morgan fingerprint density at radius 3 is 2.62 bits per heavy atom. The van der Waals surface area contributed by atoms with Crippen LogP contribution in [0.2, 0.25) is 5.02 Å². The molecular formula is C28H30ClF4N3O4. The van der Waals surface area contributed by atoms with Gasteiger partial charge in [0.15, 0.2) is 0 Å². The fourth-order valence-electron chi connectivity index (χ4n) is 5.65. The minimum Gasteiger partial charge on any atom is -0.493 e. The summed E-state index contributed by atoms with van der Waals surface area (Å²) in [5, 5.41) is 8.72. The van der Waals surface area contributed by atoms with Crippen LogP contribution in [0, 0.1) is 11.2 Å². The Labute approximate surface area is 234 Å². The van der Waals surface area contributed by atoms with Crippen molar-refractivity contribution in [2.45, 2.75) is 63.6 Å². The first-order valence-corrected chi connectivity index (χ1v) is 13.7. The highest BCUT2D eigenvalue weighted by Crippen LogP contribution is 2.46. The fraction of sp³-hybridized carbons (Fsp3) is 0.536. The van der Waals surface area contributed by atoms with Gasteiger partial charge in [-0.25, -0.2) is 9.37 Å². The van der Waals surface area contributed by atoms with Crippen LogP contribution in [0.25, 0.3) is 0 Å². The second-order valence-electron chi connectivity index (χ2n) is 11.3. The molecule has 5 rings (SSSR count). The first kappa shape index (κ1) is 28.4. The van der Waals surface area contributed by atoms with E-state index in [4.69, 9.17) is 16.3 Å². The molecule has 2 aliphatic heterocycles. The number of anilines is 1. The molecule has 1 amide bonds. The third-order valence-corrected chi connectivity index (χ3v) is 8.30. The normalized spacial score (nSPS) is 23.1. The number of likely N-dealkylation sites (tertiary alicyclic amines) is 1. The third-order valence-electron chi connectivity index (χ3n) is 8.00. The highest BCUT2D eigenvalue weighted by Gasteiger charge is 2.39. The first-order valence-electron chi connectivity index (χ1n) is 13.3. The molecule has 3 aliphatic rings. The van der Waals surface area contributed by atoms with Crippen molar-refractivity contribution < 1.29 is 37.0 Å². The second kappa shape index (κ2) is 10.7. The number of benzene rings is 1. The maximum Gasteiger partial charge on any atom is 0.418 e. The molecule has 1 aromatic carbocycles. The van der Waals surface area contributed by atoms with Crippen LogP contribution in [0.15, 0.2) is 24.4 Å². The van der Waals surface area contributed by atoms with E-state index < -0.39 is 45.9 Å². The van der Waals surface area contributed by atoms with Crippen LogP contribution >= 0.6 is 11.6 Å². The number of carbonyl (C=O) groups is 2. The average Bonchev–Trinajstić information content (AvgIpc) is 3.50. The number of carbonyl (C=O) groups excluding carboxylic acids is 1. The third kappa shape index (κ3) is 5.99. The van der Waals surface area contributed by atoms with E-state index in [2.05, 4.69) is 4.98 Å². The van der Waals surface area contributed by atoms with Crippen LogP contribution in [0.3, 0.4) is 0 Å². The smallest absolute Gasteiger partial charge is 0.418 e. The molecule has 2 saturated heterocycles. The zero-order chi connectivity index (χ0) is 28.8. The standard InChI is InChI=1S/C28H30ClF4N3O4/c1-27(6-8-35(14-27)24-11-20(28(31,32)33)21(29)13-34-24)15-40-23-12-22(30)19(10-18(23)16-4-5-16)26(39)36-7-2-3-17(36)9-25(37)38/h10-13,16-17H,2-9,14-15H2,1H3,(H,37,38)/t17-,27-/m0/s1. The van der Waals surface area contributed by atoms with Crippen molar-refractivity contribution in [3.05, 3.63) is 51.9 Å². The van der Waals surface area contributed by atoms with Crippen LogP contribution < -0.4 is 9.64 Å². The van der Waals surface area contributed by atoms with E-state index in [1.54, 1.807) is 11.0 Å². The van der Waals surface area contributed by atoms with E-state index in [-0.39, 0.29) is 30.3 Å². The Bertz CT molecular complexity index is 1320.